The van der Waals surface area contributed by atoms with Crippen molar-refractivity contribution in [2.45, 2.75) is 57.0 Å². The van der Waals surface area contributed by atoms with Crippen molar-refractivity contribution in [2.75, 3.05) is 46.0 Å². The molecule has 3 fully saturated rings. The first-order chi connectivity index (χ1) is 12.5. The van der Waals surface area contributed by atoms with Crippen LogP contribution >= 0.6 is 24.0 Å². The summed E-state index contributed by atoms with van der Waals surface area (Å²) in [6.07, 6.45) is 9.82. The second-order valence-corrected chi connectivity index (χ2v) is 10.1. The fraction of sp³-hybridized carbons (Fsp3) is 0.944. The molecular weight excluding hydrogens is 477 g/mol. The topological polar surface area (TPSA) is 77.0 Å². The van der Waals surface area contributed by atoms with Crippen molar-refractivity contribution in [1.82, 2.24) is 19.8 Å². The van der Waals surface area contributed by atoms with E-state index in [0.717, 1.165) is 37.9 Å². The molecule has 2 heterocycles. The number of nitrogens with one attached hydrogen (secondary N) is 2. The third-order valence-corrected chi connectivity index (χ3v) is 7.53. The Balaban J connectivity index is 0.00000261. The molecule has 0 aromatic heterocycles. The Labute approximate surface area is 181 Å². The lowest BCUT2D eigenvalue weighted by atomic mass is 9.98. The molecule has 1 saturated carbocycles. The van der Waals surface area contributed by atoms with Crippen LogP contribution in [0.15, 0.2) is 4.99 Å². The second-order valence-electron chi connectivity index (χ2n) is 8.12. The highest BCUT2D eigenvalue weighted by atomic mass is 127. The van der Waals surface area contributed by atoms with Gasteiger partial charge in [-0.3, -0.25) is 9.89 Å². The molecule has 2 aliphatic heterocycles. The van der Waals surface area contributed by atoms with Gasteiger partial charge in [0, 0.05) is 51.9 Å². The molecule has 158 valence electrons. The minimum atomic E-state index is -3.04. The van der Waals surface area contributed by atoms with Gasteiger partial charge >= 0.3 is 0 Å². The van der Waals surface area contributed by atoms with E-state index in [9.17, 15) is 8.42 Å². The molecule has 3 aliphatic rings. The number of rotatable bonds is 5. The summed E-state index contributed by atoms with van der Waals surface area (Å²) in [4.78, 5) is 7.03. The molecule has 0 bridgehead atoms. The third-order valence-electron chi connectivity index (χ3n) is 6.23. The van der Waals surface area contributed by atoms with E-state index in [4.69, 9.17) is 0 Å². The highest BCUT2D eigenvalue weighted by Gasteiger charge is 2.30. The maximum absolute atomic E-state index is 11.6. The molecule has 27 heavy (non-hydrogen) atoms. The summed E-state index contributed by atoms with van der Waals surface area (Å²) in [5, 5.41) is 7.04. The number of aliphatic imine (C=N–C) groups is 1. The summed E-state index contributed by atoms with van der Waals surface area (Å²) < 4.78 is 24.8. The van der Waals surface area contributed by atoms with Gasteiger partial charge in [-0.25, -0.2) is 12.7 Å². The monoisotopic (exact) mass is 513 g/mol. The zero-order chi connectivity index (χ0) is 18.6. The van der Waals surface area contributed by atoms with Crippen LogP contribution in [0.4, 0.5) is 0 Å². The maximum atomic E-state index is 11.6. The van der Waals surface area contributed by atoms with Crippen molar-refractivity contribution in [1.29, 1.82) is 0 Å². The highest BCUT2D eigenvalue weighted by Crippen LogP contribution is 2.26. The summed E-state index contributed by atoms with van der Waals surface area (Å²) >= 11 is 0. The Bertz CT molecular complexity index is 587. The van der Waals surface area contributed by atoms with E-state index in [1.165, 1.54) is 44.9 Å². The summed E-state index contributed by atoms with van der Waals surface area (Å²) in [6.45, 7) is 4.45. The summed E-state index contributed by atoms with van der Waals surface area (Å²) in [5.41, 5.74) is 0. The Morgan fingerprint density at radius 2 is 1.74 bits per heavy atom. The molecule has 0 radical (unpaired) electrons. The lowest BCUT2D eigenvalue weighted by molar-refractivity contribution is 0.242. The molecule has 2 N–H and O–H groups in total. The van der Waals surface area contributed by atoms with E-state index < -0.39 is 10.0 Å². The normalized spacial score (nSPS) is 26.9. The first-order valence-electron chi connectivity index (χ1n) is 10.1. The fourth-order valence-electron chi connectivity index (χ4n) is 4.58. The Kier molecular flexibility index (Phi) is 9.08. The van der Waals surface area contributed by atoms with Crippen LogP contribution in [-0.4, -0.2) is 81.7 Å². The summed E-state index contributed by atoms with van der Waals surface area (Å²) in [6, 6.07) is 1.28. The molecule has 1 aliphatic carbocycles. The van der Waals surface area contributed by atoms with Crippen molar-refractivity contribution in [2.24, 2.45) is 10.9 Å². The van der Waals surface area contributed by atoms with E-state index >= 15 is 0 Å². The van der Waals surface area contributed by atoms with Gasteiger partial charge < -0.3 is 10.6 Å². The van der Waals surface area contributed by atoms with Crippen molar-refractivity contribution >= 4 is 40.0 Å². The fourth-order valence-corrected chi connectivity index (χ4v) is 5.45. The van der Waals surface area contributed by atoms with Gasteiger partial charge in [-0.1, -0.05) is 12.8 Å². The standard InChI is InChI=1S/C18H35N5O2S.HI/c1-19-18(20-13-15-7-11-23(12-8-15)26(2,24)25)21-16-9-10-22(14-16)17-5-3-4-6-17;/h15-17H,3-14H2,1-2H3,(H2,19,20,21);1H. The molecule has 9 heteroatoms. The lowest BCUT2D eigenvalue weighted by Crippen LogP contribution is -2.47. The number of hydrogen-bond acceptors (Lipinski definition) is 4. The van der Waals surface area contributed by atoms with E-state index in [0.29, 0.717) is 25.0 Å². The maximum Gasteiger partial charge on any atom is 0.211 e. The van der Waals surface area contributed by atoms with Crippen molar-refractivity contribution < 1.29 is 8.42 Å². The van der Waals surface area contributed by atoms with Gasteiger partial charge in [0.15, 0.2) is 5.96 Å². The largest absolute Gasteiger partial charge is 0.356 e. The second kappa shape index (κ2) is 10.6. The van der Waals surface area contributed by atoms with Gasteiger partial charge in [0.25, 0.3) is 0 Å². The van der Waals surface area contributed by atoms with Crippen molar-refractivity contribution in [3.05, 3.63) is 0 Å². The van der Waals surface area contributed by atoms with Gasteiger partial charge in [-0.2, -0.15) is 0 Å². The van der Waals surface area contributed by atoms with Crippen LogP contribution in [0.2, 0.25) is 0 Å². The van der Waals surface area contributed by atoms with Gasteiger partial charge in [-0.05, 0) is 38.0 Å². The number of guanidine groups is 1. The Morgan fingerprint density at radius 3 is 2.33 bits per heavy atom. The SMILES string of the molecule is CN=C(NCC1CCN(S(C)(=O)=O)CC1)NC1CCN(C2CCCC2)C1.I. The van der Waals surface area contributed by atoms with Crippen molar-refractivity contribution in [3.8, 4) is 0 Å². The van der Waals surface area contributed by atoms with Crippen LogP contribution in [0, 0.1) is 5.92 Å². The Hall–Kier alpha value is -0.130. The molecule has 0 aromatic carbocycles. The smallest absolute Gasteiger partial charge is 0.211 e. The van der Waals surface area contributed by atoms with E-state index in [1.807, 2.05) is 7.05 Å². The molecule has 0 spiro atoms. The first kappa shape index (κ1) is 23.2. The lowest BCUT2D eigenvalue weighted by Gasteiger charge is -2.30. The number of piperidine rings is 1. The van der Waals surface area contributed by atoms with E-state index in [2.05, 4.69) is 20.5 Å². The molecule has 1 unspecified atom stereocenters. The predicted octanol–water partition coefficient (Wildman–Crippen LogP) is 1.46. The first-order valence-corrected chi connectivity index (χ1v) is 12.0. The zero-order valence-electron chi connectivity index (χ0n) is 16.7. The van der Waals surface area contributed by atoms with Gasteiger partial charge in [-0.15, -0.1) is 24.0 Å². The Morgan fingerprint density at radius 1 is 1.07 bits per heavy atom. The highest BCUT2D eigenvalue weighted by molar-refractivity contribution is 14.0. The van der Waals surface area contributed by atoms with Crippen LogP contribution < -0.4 is 10.6 Å². The minimum Gasteiger partial charge on any atom is -0.356 e. The van der Waals surface area contributed by atoms with Crippen LogP contribution in [0.1, 0.15) is 44.9 Å². The van der Waals surface area contributed by atoms with Crippen LogP contribution in [0.3, 0.4) is 0 Å². The van der Waals surface area contributed by atoms with Crippen LogP contribution in [0.5, 0.6) is 0 Å². The summed E-state index contributed by atoms with van der Waals surface area (Å²) in [5.74, 6) is 1.39. The number of hydrogen-bond donors (Lipinski definition) is 2. The average Bonchev–Trinajstić information content (AvgIpc) is 3.29. The van der Waals surface area contributed by atoms with Crippen LogP contribution in [0.25, 0.3) is 0 Å². The van der Waals surface area contributed by atoms with E-state index in [-0.39, 0.29) is 24.0 Å². The minimum absolute atomic E-state index is 0. The summed E-state index contributed by atoms with van der Waals surface area (Å²) in [7, 11) is -1.22. The third kappa shape index (κ3) is 6.71. The number of sulfonamides is 1. The molecule has 0 aromatic rings. The number of halogens is 1. The molecule has 7 nitrogen and oxygen atoms in total. The van der Waals surface area contributed by atoms with E-state index in [1.54, 1.807) is 4.31 Å². The molecule has 0 amide bonds. The average molecular weight is 513 g/mol. The van der Waals surface area contributed by atoms with Gasteiger partial charge in [0.2, 0.25) is 10.0 Å². The number of nitrogens with zero attached hydrogens (tertiary/aromatic N) is 3. The molecule has 2 saturated heterocycles. The number of likely N-dealkylation sites (tertiary alicyclic amines) is 1. The zero-order valence-corrected chi connectivity index (χ0v) is 19.8. The predicted molar refractivity (Wildman–Crippen MR) is 121 cm³/mol. The van der Waals surface area contributed by atoms with Gasteiger partial charge in [0.1, 0.15) is 0 Å². The van der Waals surface area contributed by atoms with Crippen LogP contribution in [-0.2, 0) is 10.0 Å². The van der Waals surface area contributed by atoms with Gasteiger partial charge in [0.05, 0.1) is 6.26 Å². The molecular formula is C18H36IN5O2S. The molecule has 3 rings (SSSR count). The van der Waals surface area contributed by atoms with Crippen molar-refractivity contribution in [3.63, 3.8) is 0 Å². The quantitative estimate of drug-likeness (QED) is 0.331. The molecule has 1 atom stereocenters.